The van der Waals surface area contributed by atoms with E-state index in [0.717, 1.165) is 21.3 Å². The Morgan fingerprint density at radius 2 is 1.63 bits per heavy atom. The molecule has 0 bridgehead atoms. The molecule has 0 saturated carbocycles. The average molecular weight is 605 g/mol. The number of amides is 1. The summed E-state index contributed by atoms with van der Waals surface area (Å²) in [4.78, 5) is 45.9. The van der Waals surface area contributed by atoms with Gasteiger partial charge in [-0.3, -0.25) is 14.4 Å². The molecule has 6 nitrogen and oxygen atoms in total. The summed E-state index contributed by atoms with van der Waals surface area (Å²) in [6.07, 6.45) is 3.97. The van der Waals surface area contributed by atoms with Crippen molar-refractivity contribution in [2.75, 3.05) is 17.3 Å². The Kier molecular flexibility index (Phi) is 5.94. The first-order chi connectivity index (χ1) is 19.9. The number of ether oxygens (including phenoxy) is 1. The third-order valence-electron chi connectivity index (χ3n) is 8.58. The number of Topliss-reactive ketones (excluding diaryl/α,β-unsaturated/α-hetero) is 2. The molecule has 1 spiro atoms. The van der Waals surface area contributed by atoms with Crippen molar-refractivity contribution < 1.29 is 19.1 Å². The third kappa shape index (κ3) is 3.65. The number of nitrogens with zero attached hydrogens (tertiary/aromatic N) is 1. The number of para-hydroxylation sites is 2. The van der Waals surface area contributed by atoms with Crippen molar-refractivity contribution in [3.05, 3.63) is 130 Å². The summed E-state index contributed by atoms with van der Waals surface area (Å²) >= 11 is 3.46. The fourth-order valence-corrected chi connectivity index (χ4v) is 7.12. The smallest absolute Gasteiger partial charge is 0.238 e. The molecule has 4 aromatic rings. The zero-order chi connectivity index (χ0) is 28.3. The minimum atomic E-state index is -1.35. The normalized spacial score (nSPS) is 23.5. The van der Waals surface area contributed by atoms with Gasteiger partial charge in [0.25, 0.3) is 0 Å². The Labute approximate surface area is 245 Å². The largest absolute Gasteiger partial charge is 0.497 e. The van der Waals surface area contributed by atoms with Crippen LogP contribution in [0.15, 0.2) is 108 Å². The summed E-state index contributed by atoms with van der Waals surface area (Å²) < 4.78 is 6.28. The average Bonchev–Trinajstić information content (AvgIpc) is 3.49. The second-order valence-corrected chi connectivity index (χ2v) is 11.4. The van der Waals surface area contributed by atoms with Crippen LogP contribution in [0.2, 0.25) is 0 Å². The van der Waals surface area contributed by atoms with E-state index in [0.29, 0.717) is 22.6 Å². The zero-order valence-electron chi connectivity index (χ0n) is 22.1. The molecule has 3 aliphatic heterocycles. The van der Waals surface area contributed by atoms with Crippen LogP contribution in [0.25, 0.3) is 6.08 Å². The first kappa shape index (κ1) is 25.5. The maximum atomic E-state index is 14.8. The van der Waals surface area contributed by atoms with E-state index in [1.54, 1.807) is 43.5 Å². The van der Waals surface area contributed by atoms with Crippen molar-refractivity contribution in [1.29, 1.82) is 0 Å². The Bertz CT molecular complexity index is 1760. The van der Waals surface area contributed by atoms with Gasteiger partial charge in [-0.05, 0) is 47.5 Å². The van der Waals surface area contributed by atoms with E-state index >= 15 is 0 Å². The molecule has 1 amide bonds. The summed E-state index contributed by atoms with van der Waals surface area (Å²) in [5, 5.41) is 3.06. The third-order valence-corrected chi connectivity index (χ3v) is 9.10. The van der Waals surface area contributed by atoms with Crippen molar-refractivity contribution >= 4 is 50.9 Å². The van der Waals surface area contributed by atoms with Gasteiger partial charge < -0.3 is 15.0 Å². The molecule has 1 unspecified atom stereocenters. The van der Waals surface area contributed by atoms with Crippen molar-refractivity contribution in [2.45, 2.75) is 17.5 Å². The van der Waals surface area contributed by atoms with Gasteiger partial charge in [-0.25, -0.2) is 0 Å². The summed E-state index contributed by atoms with van der Waals surface area (Å²) in [6, 6.07) is 27.8. The van der Waals surface area contributed by atoms with Crippen molar-refractivity contribution in [3.63, 3.8) is 0 Å². The molecule has 41 heavy (non-hydrogen) atoms. The quantitative estimate of drug-likeness (QED) is 0.270. The summed E-state index contributed by atoms with van der Waals surface area (Å²) in [5.41, 5.74) is 2.62. The highest BCUT2D eigenvalue weighted by atomic mass is 79.9. The topological polar surface area (TPSA) is 75.7 Å². The number of halogens is 1. The zero-order valence-corrected chi connectivity index (χ0v) is 23.7. The van der Waals surface area contributed by atoms with E-state index < -0.39 is 23.4 Å². The van der Waals surface area contributed by atoms with E-state index in [1.807, 2.05) is 77.7 Å². The molecule has 1 N–H and O–H groups in total. The van der Waals surface area contributed by atoms with Gasteiger partial charge in [-0.15, -0.1) is 0 Å². The monoisotopic (exact) mass is 604 g/mol. The molecule has 3 heterocycles. The molecule has 7 heteroatoms. The van der Waals surface area contributed by atoms with Gasteiger partial charge >= 0.3 is 0 Å². The standard InChI is InChI=1S/C34H25BrN2O4/c1-41-24-9-6-8-22(19-24)31(38)29-30(32(39)21-13-16-23(35)17-14-21)37-27-12-5-2-7-20(27)15-18-28(37)34(29)25-10-3-4-11-26(25)36-33(34)40/h2-19,28-30H,1H3,(H,36,40)/t28?,29-,30+,34+/m0/s1. The number of methoxy groups -OCH3 is 1. The second kappa shape index (κ2) is 9.56. The first-order valence-corrected chi connectivity index (χ1v) is 14.2. The Balaban J connectivity index is 1.53. The van der Waals surface area contributed by atoms with Gasteiger partial charge in [0.1, 0.15) is 17.2 Å². The van der Waals surface area contributed by atoms with Crippen LogP contribution in [0, 0.1) is 5.92 Å². The highest BCUT2D eigenvalue weighted by molar-refractivity contribution is 9.10. The first-order valence-electron chi connectivity index (χ1n) is 13.4. The molecule has 4 aromatic carbocycles. The summed E-state index contributed by atoms with van der Waals surface area (Å²) in [7, 11) is 1.54. The highest BCUT2D eigenvalue weighted by Crippen LogP contribution is 2.58. The molecule has 0 radical (unpaired) electrons. The maximum Gasteiger partial charge on any atom is 0.238 e. The molecule has 0 aromatic heterocycles. The van der Waals surface area contributed by atoms with Crippen LogP contribution in [0.3, 0.4) is 0 Å². The molecule has 1 fully saturated rings. The minimum absolute atomic E-state index is 0.220. The van der Waals surface area contributed by atoms with Crippen LogP contribution >= 0.6 is 15.9 Å². The number of nitrogens with one attached hydrogen (secondary N) is 1. The fourth-order valence-electron chi connectivity index (χ4n) is 6.86. The van der Waals surface area contributed by atoms with E-state index in [2.05, 4.69) is 21.2 Å². The van der Waals surface area contributed by atoms with Gasteiger partial charge in [0.05, 0.1) is 19.1 Å². The van der Waals surface area contributed by atoms with Crippen molar-refractivity contribution in [3.8, 4) is 5.75 Å². The van der Waals surface area contributed by atoms with Gasteiger partial charge in [0, 0.05) is 27.0 Å². The van der Waals surface area contributed by atoms with Crippen molar-refractivity contribution in [1.82, 2.24) is 0 Å². The van der Waals surface area contributed by atoms with Gasteiger partial charge in [-0.2, -0.15) is 0 Å². The maximum absolute atomic E-state index is 14.8. The highest BCUT2D eigenvalue weighted by Gasteiger charge is 2.70. The van der Waals surface area contributed by atoms with E-state index in [4.69, 9.17) is 4.74 Å². The van der Waals surface area contributed by atoms with E-state index in [-0.39, 0.29) is 17.5 Å². The Morgan fingerprint density at radius 3 is 2.44 bits per heavy atom. The van der Waals surface area contributed by atoms with Crippen LogP contribution in [0.4, 0.5) is 11.4 Å². The Hall–Kier alpha value is -4.49. The van der Waals surface area contributed by atoms with Crippen LogP contribution < -0.4 is 15.0 Å². The van der Waals surface area contributed by atoms with Crippen LogP contribution in [-0.2, 0) is 10.2 Å². The van der Waals surface area contributed by atoms with Crippen LogP contribution in [-0.4, -0.2) is 36.7 Å². The number of carbonyl (C=O) groups is 3. The van der Waals surface area contributed by atoms with Crippen molar-refractivity contribution in [2.24, 2.45) is 5.92 Å². The summed E-state index contributed by atoms with van der Waals surface area (Å²) in [5.74, 6) is -1.30. The lowest BCUT2D eigenvalue weighted by atomic mass is 9.64. The number of hydrogen-bond acceptors (Lipinski definition) is 5. The van der Waals surface area contributed by atoms with E-state index in [9.17, 15) is 14.4 Å². The van der Waals surface area contributed by atoms with Gasteiger partial charge in [0.15, 0.2) is 11.6 Å². The van der Waals surface area contributed by atoms with E-state index in [1.165, 1.54) is 0 Å². The summed E-state index contributed by atoms with van der Waals surface area (Å²) in [6.45, 7) is 0. The molecule has 202 valence electrons. The number of ketones is 2. The number of benzene rings is 4. The molecular formula is C34H25BrN2O4. The van der Waals surface area contributed by atoms with Crippen LogP contribution in [0.1, 0.15) is 31.8 Å². The molecule has 0 aliphatic carbocycles. The fraction of sp³-hybridized carbons (Fsp3) is 0.147. The number of rotatable bonds is 5. The molecule has 3 aliphatic rings. The lowest BCUT2D eigenvalue weighted by Gasteiger charge is -2.37. The van der Waals surface area contributed by atoms with Crippen LogP contribution in [0.5, 0.6) is 5.75 Å². The number of fused-ring (bicyclic) bond motifs is 6. The number of anilines is 2. The van der Waals surface area contributed by atoms with Gasteiger partial charge in [-0.1, -0.05) is 88.7 Å². The predicted molar refractivity (Wildman–Crippen MR) is 162 cm³/mol. The lowest BCUT2D eigenvalue weighted by molar-refractivity contribution is -0.121. The van der Waals surface area contributed by atoms with Gasteiger partial charge in [0.2, 0.25) is 5.91 Å². The Morgan fingerprint density at radius 1 is 0.878 bits per heavy atom. The molecular weight excluding hydrogens is 580 g/mol. The minimum Gasteiger partial charge on any atom is -0.497 e. The lowest BCUT2D eigenvalue weighted by Crippen LogP contribution is -2.51. The second-order valence-electron chi connectivity index (χ2n) is 10.5. The SMILES string of the molecule is COc1cccc(C(=O)[C@@H]2[C@H](C(=O)c3ccc(Br)cc3)N3c4ccccc4C=CC3[C@@]23C(=O)Nc2ccccc23)c1. The molecule has 4 atom stereocenters. The molecule has 7 rings (SSSR count). The predicted octanol–water partition coefficient (Wildman–Crippen LogP) is 6.31. The molecule has 1 saturated heterocycles. The number of carbonyl (C=O) groups excluding carboxylic acids is 3. The number of hydrogen-bond donors (Lipinski definition) is 1.